The molecule has 3 rings (SSSR count). The van der Waals surface area contributed by atoms with Crippen LogP contribution in [0.5, 0.6) is 0 Å². The van der Waals surface area contributed by atoms with Crippen LogP contribution in [-0.2, 0) is 6.18 Å². The Morgan fingerprint density at radius 3 is 2.30 bits per heavy atom. The molecule has 1 heterocycles. The van der Waals surface area contributed by atoms with Gasteiger partial charge in [0.15, 0.2) is 0 Å². The Bertz CT molecular complexity index is 939. The van der Waals surface area contributed by atoms with Gasteiger partial charge in [0, 0.05) is 24.6 Å². The highest BCUT2D eigenvalue weighted by Crippen LogP contribution is 2.36. The van der Waals surface area contributed by atoms with Gasteiger partial charge in [-0.2, -0.15) is 18.2 Å². The lowest BCUT2D eigenvalue weighted by atomic mass is 10.2. The number of aryl methyl sites for hydroxylation is 1. The van der Waals surface area contributed by atoms with Crippen molar-refractivity contribution in [3.63, 3.8) is 0 Å². The Kier molecular flexibility index (Phi) is 4.98. The van der Waals surface area contributed by atoms with Gasteiger partial charge >= 0.3 is 6.18 Å². The fraction of sp³-hybridized carbons (Fsp3) is 0.158. The molecule has 140 valence electrons. The molecule has 27 heavy (non-hydrogen) atoms. The van der Waals surface area contributed by atoms with Crippen molar-refractivity contribution in [2.75, 3.05) is 17.3 Å². The molecule has 2 aromatic carbocycles. The number of hydrogen-bond donors (Lipinski definition) is 1. The lowest BCUT2D eigenvalue weighted by Gasteiger charge is -2.21. The van der Waals surface area contributed by atoms with E-state index in [9.17, 15) is 17.6 Å². The fourth-order valence-electron chi connectivity index (χ4n) is 2.55. The predicted molar refractivity (Wildman–Crippen MR) is 96.0 cm³/mol. The first-order valence-corrected chi connectivity index (χ1v) is 8.02. The van der Waals surface area contributed by atoms with Crippen LogP contribution in [0, 0.1) is 12.7 Å². The zero-order valence-corrected chi connectivity index (χ0v) is 14.5. The lowest BCUT2D eigenvalue weighted by molar-refractivity contribution is -0.137. The van der Waals surface area contributed by atoms with Crippen LogP contribution in [-0.4, -0.2) is 17.0 Å². The SMILES string of the molecule is Cc1ccccc1N(C)c1ncc(C(F)(F)F)c(Nc2ccc(F)cc2)n1. The summed E-state index contributed by atoms with van der Waals surface area (Å²) in [6.45, 7) is 1.88. The average Bonchev–Trinajstić information content (AvgIpc) is 2.62. The summed E-state index contributed by atoms with van der Waals surface area (Å²) in [5.74, 6) is -0.791. The number of aromatic nitrogens is 2. The number of hydrogen-bond acceptors (Lipinski definition) is 4. The summed E-state index contributed by atoms with van der Waals surface area (Å²) in [5.41, 5.74) is 0.973. The molecule has 1 aromatic heterocycles. The molecular weight excluding hydrogens is 360 g/mol. The molecule has 0 unspecified atom stereocenters. The monoisotopic (exact) mass is 376 g/mol. The molecule has 0 aliphatic heterocycles. The quantitative estimate of drug-likeness (QED) is 0.615. The first-order valence-electron chi connectivity index (χ1n) is 8.02. The first kappa shape index (κ1) is 18.6. The van der Waals surface area contributed by atoms with Gasteiger partial charge in [0.05, 0.1) is 0 Å². The van der Waals surface area contributed by atoms with E-state index in [2.05, 4.69) is 15.3 Å². The molecule has 3 aromatic rings. The molecule has 0 aliphatic carbocycles. The smallest absolute Gasteiger partial charge is 0.340 e. The van der Waals surface area contributed by atoms with E-state index >= 15 is 0 Å². The van der Waals surface area contributed by atoms with Gasteiger partial charge in [0.1, 0.15) is 17.2 Å². The average molecular weight is 376 g/mol. The number of rotatable bonds is 4. The third-order valence-electron chi connectivity index (χ3n) is 3.97. The Morgan fingerprint density at radius 1 is 1.00 bits per heavy atom. The predicted octanol–water partition coefficient (Wildman–Crippen LogP) is 5.45. The second kappa shape index (κ2) is 7.22. The van der Waals surface area contributed by atoms with Crippen LogP contribution >= 0.6 is 0 Å². The topological polar surface area (TPSA) is 41.1 Å². The number of alkyl halides is 3. The van der Waals surface area contributed by atoms with Gasteiger partial charge in [-0.05, 0) is 42.8 Å². The summed E-state index contributed by atoms with van der Waals surface area (Å²) < 4.78 is 53.1. The lowest BCUT2D eigenvalue weighted by Crippen LogP contribution is -2.18. The largest absolute Gasteiger partial charge is 0.421 e. The molecular formula is C19H16F4N4. The van der Waals surface area contributed by atoms with E-state index in [1.807, 2.05) is 31.2 Å². The van der Waals surface area contributed by atoms with Crippen LogP contribution in [0.15, 0.2) is 54.7 Å². The van der Waals surface area contributed by atoms with E-state index in [1.54, 1.807) is 11.9 Å². The second-order valence-electron chi connectivity index (χ2n) is 5.91. The van der Waals surface area contributed by atoms with E-state index in [4.69, 9.17) is 0 Å². The Hall–Kier alpha value is -3.16. The van der Waals surface area contributed by atoms with Gasteiger partial charge in [-0.25, -0.2) is 9.37 Å². The number of para-hydroxylation sites is 1. The number of benzene rings is 2. The normalized spacial score (nSPS) is 11.3. The van der Waals surface area contributed by atoms with E-state index < -0.39 is 23.4 Å². The molecule has 0 saturated carbocycles. The Labute approximate surface area is 153 Å². The fourth-order valence-corrected chi connectivity index (χ4v) is 2.55. The van der Waals surface area contributed by atoms with Crippen molar-refractivity contribution < 1.29 is 17.6 Å². The van der Waals surface area contributed by atoms with E-state index in [0.717, 1.165) is 29.6 Å². The Balaban J connectivity index is 2.02. The maximum absolute atomic E-state index is 13.3. The summed E-state index contributed by atoms with van der Waals surface area (Å²) >= 11 is 0. The minimum atomic E-state index is -4.64. The number of anilines is 4. The molecule has 0 radical (unpaired) electrons. The van der Waals surface area contributed by atoms with Crippen molar-refractivity contribution in [3.8, 4) is 0 Å². The van der Waals surface area contributed by atoms with Crippen molar-refractivity contribution in [3.05, 3.63) is 71.7 Å². The molecule has 1 N–H and O–H groups in total. The van der Waals surface area contributed by atoms with E-state index in [1.165, 1.54) is 12.1 Å². The van der Waals surface area contributed by atoms with Gasteiger partial charge in [-0.15, -0.1) is 0 Å². The molecule has 0 fully saturated rings. The summed E-state index contributed by atoms with van der Waals surface area (Å²) in [7, 11) is 1.67. The number of halogens is 4. The number of nitrogens with zero attached hydrogens (tertiary/aromatic N) is 3. The standard InChI is InChI=1S/C19H16F4N4/c1-12-5-3-4-6-16(12)27(2)18-24-11-15(19(21,22)23)17(26-18)25-14-9-7-13(20)8-10-14/h3-11H,1-2H3,(H,24,25,26). The van der Waals surface area contributed by atoms with Gasteiger partial charge in [0.2, 0.25) is 5.95 Å². The summed E-state index contributed by atoms with van der Waals surface area (Å²) in [6.07, 6.45) is -3.90. The maximum Gasteiger partial charge on any atom is 0.421 e. The van der Waals surface area contributed by atoms with Crippen molar-refractivity contribution in [2.24, 2.45) is 0 Å². The molecule has 0 amide bonds. The van der Waals surface area contributed by atoms with Crippen LogP contribution in [0.25, 0.3) is 0 Å². The third kappa shape index (κ3) is 4.16. The van der Waals surface area contributed by atoms with Crippen LogP contribution in [0.4, 0.5) is 40.7 Å². The first-order chi connectivity index (χ1) is 12.8. The Morgan fingerprint density at radius 2 is 1.67 bits per heavy atom. The van der Waals surface area contributed by atoms with Crippen molar-refractivity contribution in [2.45, 2.75) is 13.1 Å². The van der Waals surface area contributed by atoms with Crippen molar-refractivity contribution in [1.82, 2.24) is 9.97 Å². The summed E-state index contributed by atoms with van der Waals surface area (Å²) in [5, 5.41) is 2.60. The van der Waals surface area contributed by atoms with Gasteiger partial charge < -0.3 is 10.2 Å². The van der Waals surface area contributed by atoms with Crippen LogP contribution in [0.2, 0.25) is 0 Å². The maximum atomic E-state index is 13.3. The van der Waals surface area contributed by atoms with Crippen molar-refractivity contribution >= 4 is 23.1 Å². The van der Waals surface area contributed by atoms with Gasteiger partial charge in [0.25, 0.3) is 0 Å². The second-order valence-corrected chi connectivity index (χ2v) is 5.91. The van der Waals surface area contributed by atoms with Gasteiger partial charge in [-0.3, -0.25) is 0 Å². The third-order valence-corrected chi connectivity index (χ3v) is 3.97. The summed E-state index contributed by atoms with van der Waals surface area (Å²) in [4.78, 5) is 9.54. The van der Waals surface area contributed by atoms with Crippen LogP contribution in [0.1, 0.15) is 11.1 Å². The van der Waals surface area contributed by atoms with Crippen LogP contribution < -0.4 is 10.2 Å². The van der Waals surface area contributed by atoms with E-state index in [0.29, 0.717) is 0 Å². The molecule has 8 heteroatoms. The minimum absolute atomic E-state index is 0.0990. The molecule has 0 aliphatic rings. The highest BCUT2D eigenvalue weighted by atomic mass is 19.4. The highest BCUT2D eigenvalue weighted by molar-refractivity contribution is 5.65. The molecule has 0 saturated heterocycles. The van der Waals surface area contributed by atoms with Gasteiger partial charge in [-0.1, -0.05) is 18.2 Å². The zero-order chi connectivity index (χ0) is 19.6. The molecule has 0 bridgehead atoms. The molecule has 0 atom stereocenters. The molecule has 0 spiro atoms. The summed E-state index contributed by atoms with van der Waals surface area (Å²) in [6, 6.07) is 12.4. The minimum Gasteiger partial charge on any atom is -0.340 e. The molecule has 4 nitrogen and oxygen atoms in total. The van der Waals surface area contributed by atoms with E-state index in [-0.39, 0.29) is 11.6 Å². The zero-order valence-electron chi connectivity index (χ0n) is 14.5. The number of nitrogens with one attached hydrogen (secondary N) is 1. The van der Waals surface area contributed by atoms with Crippen molar-refractivity contribution in [1.29, 1.82) is 0 Å². The highest BCUT2D eigenvalue weighted by Gasteiger charge is 2.35. The van der Waals surface area contributed by atoms with Crippen LogP contribution in [0.3, 0.4) is 0 Å².